The van der Waals surface area contributed by atoms with Crippen LogP contribution in [0.25, 0.3) is 0 Å². The Labute approximate surface area is 116 Å². The molecule has 0 bridgehead atoms. The van der Waals surface area contributed by atoms with Gasteiger partial charge in [-0.2, -0.15) is 5.10 Å². The summed E-state index contributed by atoms with van der Waals surface area (Å²) in [7, 11) is 1.89. The Balaban J connectivity index is 1.99. The van der Waals surface area contributed by atoms with Gasteiger partial charge in [-0.15, -0.1) is 0 Å². The molecule has 100 valence electrons. The van der Waals surface area contributed by atoms with Gasteiger partial charge in [-0.1, -0.05) is 6.92 Å². The number of carbonyl (C=O) groups is 1. The second kappa shape index (κ2) is 5.97. The first-order valence-electron chi connectivity index (χ1n) is 6.45. The quantitative estimate of drug-likeness (QED) is 0.838. The zero-order valence-corrected chi connectivity index (χ0v) is 12.5. The molecule has 1 fully saturated rings. The van der Waals surface area contributed by atoms with E-state index in [1.165, 1.54) is 0 Å². The van der Waals surface area contributed by atoms with Crippen molar-refractivity contribution in [1.82, 2.24) is 9.78 Å². The van der Waals surface area contributed by atoms with E-state index in [2.05, 4.69) is 28.0 Å². The molecule has 1 saturated heterocycles. The van der Waals surface area contributed by atoms with Crippen molar-refractivity contribution in [2.45, 2.75) is 45.1 Å². The molecule has 0 N–H and O–H groups in total. The van der Waals surface area contributed by atoms with Crippen molar-refractivity contribution in [1.29, 1.82) is 0 Å². The summed E-state index contributed by atoms with van der Waals surface area (Å²) in [6.07, 6.45) is 4.05. The minimum Gasteiger partial charge on any atom is -0.378 e. The average molecular weight is 315 g/mol. The van der Waals surface area contributed by atoms with E-state index in [-0.39, 0.29) is 11.9 Å². The SMILES string of the molecule is CCc1nn(C)c(CC(=O)CC2CCCO2)c1Br. The molecular formula is C13H19BrN2O2. The molecule has 0 aliphatic carbocycles. The van der Waals surface area contributed by atoms with Crippen LogP contribution in [0.2, 0.25) is 0 Å². The monoisotopic (exact) mass is 314 g/mol. The van der Waals surface area contributed by atoms with E-state index in [1.807, 2.05) is 7.05 Å². The maximum atomic E-state index is 12.0. The maximum absolute atomic E-state index is 12.0. The summed E-state index contributed by atoms with van der Waals surface area (Å²) < 4.78 is 8.27. The second-order valence-electron chi connectivity index (χ2n) is 4.74. The molecule has 0 radical (unpaired) electrons. The van der Waals surface area contributed by atoms with Crippen molar-refractivity contribution in [3.8, 4) is 0 Å². The molecule has 0 amide bonds. The number of carbonyl (C=O) groups excluding carboxylic acids is 1. The van der Waals surface area contributed by atoms with E-state index in [1.54, 1.807) is 4.68 Å². The molecule has 0 aromatic carbocycles. The number of aryl methyl sites for hydroxylation is 2. The predicted octanol–water partition coefficient (Wildman–Crippen LogP) is 2.43. The van der Waals surface area contributed by atoms with Gasteiger partial charge in [0.1, 0.15) is 5.78 Å². The lowest BCUT2D eigenvalue weighted by atomic mass is 10.1. The smallest absolute Gasteiger partial charge is 0.141 e. The fraction of sp³-hybridized carbons (Fsp3) is 0.692. The summed E-state index contributed by atoms with van der Waals surface area (Å²) in [5.74, 6) is 0.230. The summed E-state index contributed by atoms with van der Waals surface area (Å²) in [5, 5.41) is 4.40. The van der Waals surface area contributed by atoms with E-state index in [4.69, 9.17) is 4.74 Å². The Kier molecular flexibility index (Phi) is 4.56. The molecule has 2 heterocycles. The summed E-state index contributed by atoms with van der Waals surface area (Å²) in [6.45, 7) is 2.86. The van der Waals surface area contributed by atoms with E-state index in [0.29, 0.717) is 12.8 Å². The standard InChI is InChI=1S/C13H19BrN2O2/c1-3-11-13(14)12(16(2)15-11)8-9(17)7-10-5-4-6-18-10/h10H,3-8H2,1-2H3. The molecule has 1 aromatic heterocycles. The lowest BCUT2D eigenvalue weighted by molar-refractivity contribution is -0.120. The molecule has 2 rings (SSSR count). The molecule has 1 aliphatic heterocycles. The van der Waals surface area contributed by atoms with Crippen molar-refractivity contribution in [3.05, 3.63) is 15.9 Å². The zero-order chi connectivity index (χ0) is 13.1. The van der Waals surface area contributed by atoms with Gasteiger partial charge in [0.05, 0.1) is 22.0 Å². The number of hydrogen-bond acceptors (Lipinski definition) is 3. The zero-order valence-electron chi connectivity index (χ0n) is 10.9. The largest absolute Gasteiger partial charge is 0.378 e. The van der Waals surface area contributed by atoms with Crippen LogP contribution in [0.3, 0.4) is 0 Å². The van der Waals surface area contributed by atoms with Crippen molar-refractivity contribution >= 4 is 21.7 Å². The third-order valence-electron chi connectivity index (χ3n) is 3.35. The summed E-state index contributed by atoms with van der Waals surface area (Å²) in [4.78, 5) is 12.0. The van der Waals surface area contributed by atoms with Crippen molar-refractivity contribution in [3.63, 3.8) is 0 Å². The normalized spacial score (nSPS) is 19.4. The highest BCUT2D eigenvalue weighted by atomic mass is 79.9. The van der Waals surface area contributed by atoms with Gasteiger partial charge in [-0.3, -0.25) is 9.48 Å². The van der Waals surface area contributed by atoms with Gasteiger partial charge in [-0.05, 0) is 35.2 Å². The van der Waals surface area contributed by atoms with Crippen LogP contribution >= 0.6 is 15.9 Å². The molecule has 4 nitrogen and oxygen atoms in total. The van der Waals surface area contributed by atoms with Crippen molar-refractivity contribution in [2.24, 2.45) is 7.05 Å². The molecule has 5 heteroatoms. The molecule has 0 spiro atoms. The third kappa shape index (κ3) is 3.01. The first-order chi connectivity index (χ1) is 8.61. The van der Waals surface area contributed by atoms with Crippen LogP contribution in [0.1, 0.15) is 37.6 Å². The number of ketones is 1. The molecule has 0 saturated carbocycles. The minimum atomic E-state index is 0.134. The molecule has 1 atom stereocenters. The molecule has 1 aromatic rings. The highest BCUT2D eigenvalue weighted by Gasteiger charge is 2.21. The summed E-state index contributed by atoms with van der Waals surface area (Å²) >= 11 is 3.54. The van der Waals surface area contributed by atoms with Crippen LogP contribution < -0.4 is 0 Å². The maximum Gasteiger partial charge on any atom is 0.141 e. The average Bonchev–Trinajstić information content (AvgIpc) is 2.92. The number of aromatic nitrogens is 2. The van der Waals surface area contributed by atoms with Crippen LogP contribution in [0.15, 0.2) is 4.47 Å². The number of ether oxygens (including phenoxy) is 1. The van der Waals surface area contributed by atoms with E-state index in [0.717, 1.165) is 41.7 Å². The van der Waals surface area contributed by atoms with Gasteiger partial charge < -0.3 is 4.74 Å². The lowest BCUT2D eigenvalue weighted by Gasteiger charge is -2.08. The van der Waals surface area contributed by atoms with Gasteiger partial charge in [0, 0.05) is 26.5 Å². The van der Waals surface area contributed by atoms with E-state index < -0.39 is 0 Å². The van der Waals surface area contributed by atoms with E-state index in [9.17, 15) is 4.79 Å². The topological polar surface area (TPSA) is 44.1 Å². The number of Topliss-reactive ketones (excluding diaryl/α,β-unsaturated/α-hetero) is 1. The molecule has 1 aliphatic rings. The van der Waals surface area contributed by atoms with E-state index >= 15 is 0 Å². The highest BCUT2D eigenvalue weighted by Crippen LogP contribution is 2.23. The number of halogens is 1. The number of hydrogen-bond donors (Lipinski definition) is 0. The van der Waals surface area contributed by atoms with Gasteiger partial charge in [0.2, 0.25) is 0 Å². The number of nitrogens with zero attached hydrogens (tertiary/aromatic N) is 2. The summed E-state index contributed by atoms with van der Waals surface area (Å²) in [5.41, 5.74) is 1.98. The van der Waals surface area contributed by atoms with Crippen LogP contribution in [-0.4, -0.2) is 28.3 Å². The Morgan fingerprint density at radius 3 is 2.94 bits per heavy atom. The Morgan fingerprint density at radius 1 is 1.61 bits per heavy atom. The third-order valence-corrected chi connectivity index (χ3v) is 4.26. The summed E-state index contributed by atoms with van der Waals surface area (Å²) in [6, 6.07) is 0. The predicted molar refractivity (Wildman–Crippen MR) is 72.6 cm³/mol. The lowest BCUT2D eigenvalue weighted by Crippen LogP contribution is -2.15. The first kappa shape index (κ1) is 13.7. The van der Waals surface area contributed by atoms with Crippen LogP contribution in [0, 0.1) is 0 Å². The number of rotatable bonds is 5. The van der Waals surface area contributed by atoms with Gasteiger partial charge in [-0.25, -0.2) is 0 Å². The van der Waals surface area contributed by atoms with Crippen LogP contribution in [0.4, 0.5) is 0 Å². The minimum absolute atomic E-state index is 0.134. The fourth-order valence-electron chi connectivity index (χ4n) is 2.33. The molecule has 18 heavy (non-hydrogen) atoms. The highest BCUT2D eigenvalue weighted by molar-refractivity contribution is 9.10. The Hall–Kier alpha value is -0.680. The van der Waals surface area contributed by atoms with Crippen molar-refractivity contribution < 1.29 is 9.53 Å². The van der Waals surface area contributed by atoms with Gasteiger partial charge in [0.15, 0.2) is 0 Å². The van der Waals surface area contributed by atoms with Gasteiger partial charge >= 0.3 is 0 Å². The Morgan fingerprint density at radius 2 is 2.39 bits per heavy atom. The second-order valence-corrected chi connectivity index (χ2v) is 5.53. The molecular weight excluding hydrogens is 296 g/mol. The van der Waals surface area contributed by atoms with Crippen LogP contribution in [0.5, 0.6) is 0 Å². The van der Waals surface area contributed by atoms with Gasteiger partial charge in [0.25, 0.3) is 0 Å². The molecule has 1 unspecified atom stereocenters. The first-order valence-corrected chi connectivity index (χ1v) is 7.24. The van der Waals surface area contributed by atoms with Crippen LogP contribution in [-0.2, 0) is 29.4 Å². The fourth-order valence-corrected chi connectivity index (χ4v) is 3.09. The Bertz CT molecular complexity index is 436. The van der Waals surface area contributed by atoms with Crippen molar-refractivity contribution in [2.75, 3.05) is 6.61 Å².